The third-order valence-electron chi connectivity index (χ3n) is 1.31. The van der Waals surface area contributed by atoms with E-state index in [1.54, 1.807) is 0 Å². The molecule has 1 N–H and O–H groups in total. The van der Waals surface area contributed by atoms with Crippen LogP contribution in [0.4, 0.5) is 0 Å². The molecule has 0 radical (unpaired) electrons. The highest BCUT2D eigenvalue weighted by Gasteiger charge is 2.05. The Morgan fingerprint density at radius 1 is 1.69 bits per heavy atom. The number of carbonyl (C=O) groups is 1. The Morgan fingerprint density at radius 2 is 2.31 bits per heavy atom. The van der Waals surface area contributed by atoms with E-state index in [9.17, 15) is 9.59 Å². The molecule has 0 bridgehead atoms. The van der Waals surface area contributed by atoms with Crippen LogP contribution >= 0.6 is 27.5 Å². The van der Waals surface area contributed by atoms with Gasteiger partial charge in [0.15, 0.2) is 0 Å². The van der Waals surface area contributed by atoms with E-state index in [1.807, 2.05) is 0 Å². The molecule has 13 heavy (non-hydrogen) atoms. The molecule has 1 aromatic heterocycles. The summed E-state index contributed by atoms with van der Waals surface area (Å²) in [5.41, 5.74) is -0.410. The van der Waals surface area contributed by atoms with Crippen molar-refractivity contribution >= 4 is 33.5 Å². The second kappa shape index (κ2) is 3.93. The summed E-state index contributed by atoms with van der Waals surface area (Å²) in [6, 6.07) is 1.42. The molecule has 0 aliphatic carbocycles. The fourth-order valence-electron chi connectivity index (χ4n) is 0.828. The predicted molar refractivity (Wildman–Crippen MR) is 51.0 cm³/mol. The minimum atomic E-state index is -1.09. The van der Waals surface area contributed by atoms with Crippen molar-refractivity contribution in [2.75, 3.05) is 0 Å². The first-order valence-electron chi connectivity index (χ1n) is 3.28. The van der Waals surface area contributed by atoms with Crippen LogP contribution in [0, 0.1) is 0 Å². The Hall–Kier alpha value is -0.810. The quantitative estimate of drug-likeness (QED) is 0.879. The summed E-state index contributed by atoms with van der Waals surface area (Å²) >= 11 is 8.60. The zero-order chi connectivity index (χ0) is 10.0. The minimum absolute atomic E-state index is 0.251. The second-order valence-electron chi connectivity index (χ2n) is 2.33. The maximum Gasteiger partial charge on any atom is 0.323 e. The molecule has 0 aliphatic rings. The van der Waals surface area contributed by atoms with E-state index < -0.39 is 18.1 Å². The van der Waals surface area contributed by atoms with Gasteiger partial charge in [-0.25, -0.2) is 0 Å². The number of carboxylic acid groups (broad SMARTS) is 1. The van der Waals surface area contributed by atoms with Gasteiger partial charge >= 0.3 is 5.97 Å². The van der Waals surface area contributed by atoms with E-state index in [0.29, 0.717) is 5.02 Å². The lowest BCUT2D eigenvalue weighted by atomic mass is 10.4. The molecule has 6 heteroatoms. The monoisotopic (exact) mass is 265 g/mol. The highest BCUT2D eigenvalue weighted by Crippen LogP contribution is 2.11. The van der Waals surface area contributed by atoms with E-state index in [1.165, 1.54) is 12.3 Å². The van der Waals surface area contributed by atoms with Gasteiger partial charge in [0.25, 0.3) is 5.56 Å². The lowest BCUT2D eigenvalue weighted by Crippen LogP contribution is -2.23. The van der Waals surface area contributed by atoms with E-state index >= 15 is 0 Å². The zero-order valence-electron chi connectivity index (χ0n) is 6.33. The molecule has 0 aromatic carbocycles. The summed E-state index contributed by atoms with van der Waals surface area (Å²) in [6.45, 7) is -0.391. The highest BCUT2D eigenvalue weighted by atomic mass is 79.9. The molecule has 4 nitrogen and oxygen atoms in total. The average molecular weight is 266 g/mol. The summed E-state index contributed by atoms with van der Waals surface area (Å²) in [4.78, 5) is 21.6. The molecule has 0 aliphatic heterocycles. The summed E-state index contributed by atoms with van der Waals surface area (Å²) in [6.07, 6.45) is 1.28. The Kier molecular flexibility index (Phi) is 3.11. The number of carboxylic acids is 1. The Morgan fingerprint density at radius 3 is 2.85 bits per heavy atom. The molecule has 1 rings (SSSR count). The van der Waals surface area contributed by atoms with Crippen molar-refractivity contribution in [1.82, 2.24) is 4.57 Å². The van der Waals surface area contributed by atoms with Crippen LogP contribution in [0.2, 0.25) is 5.02 Å². The topological polar surface area (TPSA) is 59.3 Å². The van der Waals surface area contributed by atoms with Crippen molar-refractivity contribution < 1.29 is 9.90 Å². The van der Waals surface area contributed by atoms with Gasteiger partial charge in [-0.3, -0.25) is 9.59 Å². The average Bonchev–Trinajstić information content (AvgIpc) is 1.98. The lowest BCUT2D eigenvalue weighted by Gasteiger charge is -2.02. The lowest BCUT2D eigenvalue weighted by molar-refractivity contribution is -0.137. The van der Waals surface area contributed by atoms with Gasteiger partial charge in [-0.2, -0.15) is 0 Å². The smallest absolute Gasteiger partial charge is 0.323 e. The van der Waals surface area contributed by atoms with Gasteiger partial charge in [-0.05, 0) is 22.0 Å². The van der Waals surface area contributed by atoms with Crippen LogP contribution in [0.25, 0.3) is 0 Å². The van der Waals surface area contributed by atoms with Crippen molar-refractivity contribution in [3.8, 4) is 0 Å². The van der Waals surface area contributed by atoms with Crippen LogP contribution in [-0.2, 0) is 11.3 Å². The predicted octanol–water partition coefficient (Wildman–Crippen LogP) is 1.35. The third-order valence-corrected chi connectivity index (χ3v) is 2.09. The Bertz CT molecular complexity index is 401. The van der Waals surface area contributed by atoms with Crippen molar-refractivity contribution in [2.45, 2.75) is 6.54 Å². The summed E-state index contributed by atoms with van der Waals surface area (Å²) in [5, 5.41) is 8.77. The number of aromatic nitrogens is 1. The first-order valence-corrected chi connectivity index (χ1v) is 4.45. The summed E-state index contributed by atoms with van der Waals surface area (Å²) in [7, 11) is 0. The molecule has 1 heterocycles. The van der Waals surface area contributed by atoms with Gasteiger partial charge < -0.3 is 9.67 Å². The van der Waals surface area contributed by atoms with Gasteiger partial charge in [0.2, 0.25) is 0 Å². The number of nitrogens with zero attached hydrogens (tertiary/aromatic N) is 1. The largest absolute Gasteiger partial charge is 0.480 e. The molecule has 1 aromatic rings. The number of pyridine rings is 1. The first kappa shape index (κ1) is 10.3. The summed E-state index contributed by atoms with van der Waals surface area (Å²) in [5.74, 6) is -1.09. The first-order chi connectivity index (χ1) is 6.00. The molecule has 0 spiro atoms. The zero-order valence-corrected chi connectivity index (χ0v) is 8.67. The number of halogens is 2. The Balaban J connectivity index is 3.21. The molecule has 0 saturated heterocycles. The molecule has 0 saturated carbocycles. The van der Waals surface area contributed by atoms with Crippen LogP contribution in [0.3, 0.4) is 0 Å². The fraction of sp³-hybridized carbons (Fsp3) is 0.143. The van der Waals surface area contributed by atoms with Gasteiger partial charge in [0, 0.05) is 6.20 Å². The number of aliphatic carboxylic acids is 1. The molecule has 0 amide bonds. The van der Waals surface area contributed by atoms with Gasteiger partial charge in [0.1, 0.15) is 6.54 Å². The maximum atomic E-state index is 11.3. The van der Waals surface area contributed by atoms with Gasteiger partial charge in [0.05, 0.1) is 9.50 Å². The van der Waals surface area contributed by atoms with Crippen molar-refractivity contribution in [3.05, 3.63) is 32.1 Å². The molecule has 0 fully saturated rings. The number of hydrogen-bond acceptors (Lipinski definition) is 2. The minimum Gasteiger partial charge on any atom is -0.480 e. The highest BCUT2D eigenvalue weighted by molar-refractivity contribution is 9.10. The molecule has 0 atom stereocenters. The van der Waals surface area contributed by atoms with Crippen molar-refractivity contribution in [1.29, 1.82) is 0 Å². The normalized spacial score (nSPS) is 10.0. The van der Waals surface area contributed by atoms with Crippen molar-refractivity contribution in [2.24, 2.45) is 0 Å². The fourth-order valence-corrected chi connectivity index (χ4v) is 1.66. The van der Waals surface area contributed by atoms with Crippen LogP contribution in [0.1, 0.15) is 0 Å². The van der Waals surface area contributed by atoms with E-state index in [2.05, 4.69) is 15.9 Å². The molecule has 0 unspecified atom stereocenters. The summed E-state index contributed by atoms with van der Waals surface area (Å²) < 4.78 is 1.27. The van der Waals surface area contributed by atoms with E-state index in [-0.39, 0.29) is 4.47 Å². The van der Waals surface area contributed by atoms with Crippen LogP contribution in [0.15, 0.2) is 21.5 Å². The SMILES string of the molecule is O=C(O)Cn1cc(Cl)cc(Br)c1=O. The standard InChI is InChI=1S/C7H5BrClNO3/c8-5-1-4(9)2-10(7(5)13)3-6(11)12/h1-2H,3H2,(H,11,12). The van der Waals surface area contributed by atoms with Crippen LogP contribution in [-0.4, -0.2) is 15.6 Å². The van der Waals surface area contributed by atoms with Gasteiger partial charge in [-0.15, -0.1) is 0 Å². The van der Waals surface area contributed by atoms with Crippen molar-refractivity contribution in [3.63, 3.8) is 0 Å². The number of rotatable bonds is 2. The Labute approximate surface area is 86.9 Å². The molecular formula is C7H5BrClNO3. The van der Waals surface area contributed by atoms with Gasteiger partial charge in [-0.1, -0.05) is 11.6 Å². The molecule has 70 valence electrons. The van der Waals surface area contributed by atoms with E-state index in [4.69, 9.17) is 16.7 Å². The van der Waals surface area contributed by atoms with E-state index in [0.717, 1.165) is 4.57 Å². The second-order valence-corrected chi connectivity index (χ2v) is 3.62. The third kappa shape index (κ3) is 2.57. The van der Waals surface area contributed by atoms with Crippen LogP contribution < -0.4 is 5.56 Å². The maximum absolute atomic E-state index is 11.3. The number of hydrogen-bond donors (Lipinski definition) is 1. The van der Waals surface area contributed by atoms with Crippen LogP contribution in [0.5, 0.6) is 0 Å². The molecular weight excluding hydrogens is 261 g/mol.